The lowest BCUT2D eigenvalue weighted by molar-refractivity contribution is -0.151. The molecule has 1 heterocycles. The van der Waals surface area contributed by atoms with E-state index in [0.717, 1.165) is 36.0 Å². The zero-order chi connectivity index (χ0) is 20.8. The van der Waals surface area contributed by atoms with E-state index in [2.05, 4.69) is 6.92 Å². The van der Waals surface area contributed by atoms with Crippen LogP contribution >= 0.6 is 0 Å². The molecule has 29 heavy (non-hydrogen) atoms. The van der Waals surface area contributed by atoms with E-state index in [1.807, 2.05) is 42.5 Å². The summed E-state index contributed by atoms with van der Waals surface area (Å²) in [6.07, 6.45) is 3.74. The first-order chi connectivity index (χ1) is 14.0. The lowest BCUT2D eigenvalue weighted by Crippen LogP contribution is -2.18. The molecule has 0 aliphatic carbocycles. The Morgan fingerprint density at radius 1 is 1.14 bits per heavy atom. The Balaban J connectivity index is 2.17. The first kappa shape index (κ1) is 20.8. The second kappa shape index (κ2) is 9.52. The molecule has 0 saturated heterocycles. The zero-order valence-corrected chi connectivity index (χ0v) is 16.8. The van der Waals surface area contributed by atoms with Crippen LogP contribution in [0.15, 0.2) is 60.2 Å². The van der Waals surface area contributed by atoms with Crippen molar-refractivity contribution in [3.05, 3.63) is 65.7 Å². The van der Waals surface area contributed by atoms with Crippen molar-refractivity contribution in [2.24, 2.45) is 0 Å². The molecular weight excluding hydrogens is 368 g/mol. The van der Waals surface area contributed by atoms with Gasteiger partial charge in [-0.05, 0) is 23.6 Å². The Hall–Kier alpha value is -2.92. The van der Waals surface area contributed by atoms with E-state index in [0.29, 0.717) is 17.7 Å². The van der Waals surface area contributed by atoms with Crippen LogP contribution in [0.25, 0.3) is 11.1 Å². The van der Waals surface area contributed by atoms with Crippen molar-refractivity contribution in [2.75, 3.05) is 0 Å². The molecule has 1 N–H and O–H groups in total. The minimum absolute atomic E-state index is 0.311. The molecule has 0 spiro atoms. The maximum absolute atomic E-state index is 11.8. The highest BCUT2D eigenvalue weighted by atomic mass is 16.6. The summed E-state index contributed by atoms with van der Waals surface area (Å²) < 4.78 is 10.5. The molecule has 2 atom stereocenters. The molecule has 0 amide bonds. The van der Waals surface area contributed by atoms with Crippen molar-refractivity contribution >= 4 is 11.9 Å². The number of carbonyl (C=O) groups excluding carboxylic acids is 2. The molecule has 2 unspecified atom stereocenters. The predicted octanol–water partition coefficient (Wildman–Crippen LogP) is 4.74. The third-order valence-corrected chi connectivity index (χ3v) is 5.05. The van der Waals surface area contributed by atoms with E-state index in [4.69, 9.17) is 9.47 Å². The molecule has 0 aromatic heterocycles. The Kier molecular flexibility index (Phi) is 6.83. The Morgan fingerprint density at radius 2 is 1.90 bits per heavy atom. The van der Waals surface area contributed by atoms with Gasteiger partial charge in [0.1, 0.15) is 5.75 Å². The fourth-order valence-electron chi connectivity index (χ4n) is 3.79. The fourth-order valence-corrected chi connectivity index (χ4v) is 3.79. The first-order valence-corrected chi connectivity index (χ1v) is 9.98. The average molecular weight is 394 g/mol. The number of ether oxygens (including phenoxy) is 2. The van der Waals surface area contributed by atoms with Crippen LogP contribution in [0.4, 0.5) is 0 Å². The van der Waals surface area contributed by atoms with Crippen LogP contribution in [0, 0.1) is 0 Å². The summed E-state index contributed by atoms with van der Waals surface area (Å²) in [4.78, 5) is 23.6. The van der Waals surface area contributed by atoms with Gasteiger partial charge in [0.2, 0.25) is 6.29 Å². The summed E-state index contributed by atoms with van der Waals surface area (Å²) in [5, 5.41) is 10.4. The summed E-state index contributed by atoms with van der Waals surface area (Å²) in [5.74, 6) is -0.849. The van der Waals surface area contributed by atoms with E-state index in [1.54, 1.807) is 6.07 Å². The molecule has 0 fully saturated rings. The molecule has 5 heteroatoms. The minimum Gasteiger partial charge on any atom is -0.429 e. The Morgan fingerprint density at radius 3 is 2.52 bits per heavy atom. The second-order valence-electron chi connectivity index (χ2n) is 7.16. The average Bonchev–Trinajstić information content (AvgIpc) is 3.04. The van der Waals surface area contributed by atoms with Gasteiger partial charge < -0.3 is 14.6 Å². The van der Waals surface area contributed by atoms with Gasteiger partial charge in [0.25, 0.3) is 0 Å². The predicted molar refractivity (Wildman–Crippen MR) is 110 cm³/mol. The van der Waals surface area contributed by atoms with E-state index in [-0.39, 0.29) is 5.92 Å². The molecule has 2 aromatic carbocycles. The number of aliphatic hydroxyl groups is 1. The van der Waals surface area contributed by atoms with Crippen molar-refractivity contribution < 1.29 is 24.2 Å². The van der Waals surface area contributed by atoms with Crippen LogP contribution in [-0.2, 0) is 14.3 Å². The highest BCUT2D eigenvalue weighted by Gasteiger charge is 2.34. The summed E-state index contributed by atoms with van der Waals surface area (Å²) in [6.45, 7) is 3.48. The SMILES string of the molecule is CCCCCC(C1=CC(=O)OC1O)c1c(OC(C)=O)cccc1-c1ccccc1. The monoisotopic (exact) mass is 394 g/mol. The van der Waals surface area contributed by atoms with Gasteiger partial charge in [-0.1, -0.05) is 68.7 Å². The molecular formula is C24H26O5. The summed E-state index contributed by atoms with van der Waals surface area (Å²) in [5.41, 5.74) is 3.16. The zero-order valence-electron chi connectivity index (χ0n) is 16.8. The van der Waals surface area contributed by atoms with Gasteiger partial charge in [-0.3, -0.25) is 4.79 Å². The van der Waals surface area contributed by atoms with Gasteiger partial charge in [-0.25, -0.2) is 4.79 Å². The lowest BCUT2D eigenvalue weighted by atomic mass is 9.81. The van der Waals surface area contributed by atoms with Crippen LogP contribution < -0.4 is 4.74 Å². The Bertz CT molecular complexity index is 901. The maximum Gasteiger partial charge on any atom is 0.333 e. The summed E-state index contributed by atoms with van der Waals surface area (Å²) >= 11 is 0. The lowest BCUT2D eigenvalue weighted by Gasteiger charge is -2.25. The van der Waals surface area contributed by atoms with Gasteiger partial charge in [0, 0.05) is 30.1 Å². The van der Waals surface area contributed by atoms with Crippen molar-refractivity contribution in [3.63, 3.8) is 0 Å². The van der Waals surface area contributed by atoms with Crippen molar-refractivity contribution in [1.82, 2.24) is 0 Å². The summed E-state index contributed by atoms with van der Waals surface area (Å²) in [7, 11) is 0. The highest BCUT2D eigenvalue weighted by Crippen LogP contribution is 2.44. The number of aliphatic hydroxyl groups excluding tert-OH is 1. The smallest absolute Gasteiger partial charge is 0.333 e. The molecule has 5 nitrogen and oxygen atoms in total. The first-order valence-electron chi connectivity index (χ1n) is 9.98. The van der Waals surface area contributed by atoms with Gasteiger partial charge in [0.05, 0.1) is 0 Å². The number of benzene rings is 2. The van der Waals surface area contributed by atoms with Gasteiger partial charge in [-0.15, -0.1) is 0 Å². The third kappa shape index (κ3) is 4.93. The van der Waals surface area contributed by atoms with E-state index in [1.165, 1.54) is 13.0 Å². The van der Waals surface area contributed by atoms with E-state index < -0.39 is 18.2 Å². The number of unbranched alkanes of at least 4 members (excludes halogenated alkanes) is 2. The molecule has 2 aromatic rings. The van der Waals surface area contributed by atoms with Gasteiger partial charge >= 0.3 is 11.9 Å². The van der Waals surface area contributed by atoms with Gasteiger partial charge in [0.15, 0.2) is 0 Å². The number of cyclic esters (lactones) is 1. The van der Waals surface area contributed by atoms with E-state index >= 15 is 0 Å². The largest absolute Gasteiger partial charge is 0.429 e. The van der Waals surface area contributed by atoms with E-state index in [9.17, 15) is 14.7 Å². The topological polar surface area (TPSA) is 72.8 Å². The molecule has 0 radical (unpaired) electrons. The Labute approximate surface area is 171 Å². The van der Waals surface area contributed by atoms with Gasteiger partial charge in [-0.2, -0.15) is 0 Å². The van der Waals surface area contributed by atoms with Crippen LogP contribution in [0.2, 0.25) is 0 Å². The summed E-state index contributed by atoms with van der Waals surface area (Å²) in [6, 6.07) is 15.4. The molecule has 0 saturated carbocycles. The number of hydrogen-bond acceptors (Lipinski definition) is 5. The van der Waals surface area contributed by atoms with Crippen molar-refractivity contribution in [3.8, 4) is 16.9 Å². The fraction of sp³-hybridized carbons (Fsp3) is 0.333. The molecule has 1 aliphatic heterocycles. The third-order valence-electron chi connectivity index (χ3n) is 5.05. The van der Waals surface area contributed by atoms with Crippen LogP contribution in [0.5, 0.6) is 5.75 Å². The molecule has 3 rings (SSSR count). The maximum atomic E-state index is 11.8. The minimum atomic E-state index is -1.29. The number of hydrogen-bond donors (Lipinski definition) is 1. The standard InChI is InChI=1S/C24H26O5/c1-3-4-6-12-19(20-15-22(26)29-24(20)27)23-18(17-10-7-5-8-11-17)13-9-14-21(23)28-16(2)25/h5,7-11,13-15,19,24,27H,3-4,6,12H2,1-2H3. The van der Waals surface area contributed by atoms with Crippen LogP contribution in [0.1, 0.15) is 51.0 Å². The quantitative estimate of drug-likeness (QED) is 0.398. The molecule has 1 aliphatic rings. The number of rotatable bonds is 8. The second-order valence-corrected chi connectivity index (χ2v) is 7.16. The number of esters is 2. The van der Waals surface area contributed by atoms with Crippen LogP contribution in [-0.4, -0.2) is 23.3 Å². The van der Waals surface area contributed by atoms with Crippen molar-refractivity contribution in [1.29, 1.82) is 0 Å². The number of carbonyl (C=O) groups is 2. The normalized spacial score (nSPS) is 16.9. The highest BCUT2D eigenvalue weighted by molar-refractivity contribution is 5.86. The molecule has 152 valence electrons. The van der Waals surface area contributed by atoms with Crippen LogP contribution in [0.3, 0.4) is 0 Å². The van der Waals surface area contributed by atoms with Crippen molar-refractivity contribution in [2.45, 2.75) is 51.7 Å². The molecule has 0 bridgehead atoms.